The Hall–Kier alpha value is -3.50. The molecule has 0 fully saturated rings. The van der Waals surface area contributed by atoms with Crippen LogP contribution in [0.15, 0.2) is 11.1 Å². The minimum atomic E-state index is -0.974. The van der Waals surface area contributed by atoms with Crippen LogP contribution < -0.4 is 14.2 Å². The normalized spacial score (nSPS) is 20.0. The van der Waals surface area contributed by atoms with Crippen LogP contribution in [0.5, 0.6) is 17.2 Å². The van der Waals surface area contributed by atoms with Crippen LogP contribution in [0.2, 0.25) is 0 Å². The van der Waals surface area contributed by atoms with Crippen LogP contribution in [-0.2, 0) is 33.3 Å². The Morgan fingerprint density at radius 1 is 1.03 bits per heavy atom. The first-order valence-corrected chi connectivity index (χ1v) is 10.3. The van der Waals surface area contributed by atoms with Crippen molar-refractivity contribution in [1.82, 2.24) is 0 Å². The molecule has 0 N–H and O–H groups in total. The minimum absolute atomic E-state index is 0.0299. The largest absolute Gasteiger partial charge is 0.493 e. The summed E-state index contributed by atoms with van der Waals surface area (Å²) < 4.78 is 38.5. The molecular weight excluding hydrogens is 438 g/mol. The van der Waals surface area contributed by atoms with Crippen LogP contribution in [0.1, 0.15) is 44.7 Å². The summed E-state index contributed by atoms with van der Waals surface area (Å²) in [6.45, 7) is 5.23. The number of hydrogen-bond donors (Lipinski definition) is 0. The number of carbonyl (C=O) groups excluding carboxylic acids is 3. The zero-order chi connectivity index (χ0) is 24.3. The van der Waals surface area contributed by atoms with Gasteiger partial charge in [0, 0.05) is 20.8 Å². The Labute approximate surface area is 190 Å². The second-order valence-corrected chi connectivity index (χ2v) is 7.53. The highest BCUT2D eigenvalue weighted by molar-refractivity contribution is 6.01. The molecule has 1 aromatic rings. The Morgan fingerprint density at radius 2 is 1.70 bits per heavy atom. The van der Waals surface area contributed by atoms with Crippen LogP contribution in [0, 0.1) is 0 Å². The van der Waals surface area contributed by atoms with E-state index < -0.39 is 42.1 Å². The van der Waals surface area contributed by atoms with Crippen LogP contribution in [-0.4, -0.2) is 69.7 Å². The molecule has 0 radical (unpaired) electrons. The third-order valence-corrected chi connectivity index (χ3v) is 5.25. The number of benzene rings is 1. The predicted molar refractivity (Wildman–Crippen MR) is 113 cm³/mol. The molecule has 33 heavy (non-hydrogen) atoms. The molecule has 180 valence electrons. The maximum atomic E-state index is 12.0. The van der Waals surface area contributed by atoms with Crippen molar-refractivity contribution in [3.05, 3.63) is 17.2 Å². The SMILES string of the molecule is COC1=N[C@@H](COC(C)=O)[C@H]([C@@H](OC(C)=O)[C@@H](C)OC(C)=O)c2cc(OC)c3c(c21)OCO3. The van der Waals surface area contributed by atoms with Gasteiger partial charge in [-0.1, -0.05) is 0 Å². The van der Waals surface area contributed by atoms with E-state index in [0.717, 1.165) is 0 Å². The van der Waals surface area contributed by atoms with Gasteiger partial charge in [0.2, 0.25) is 18.4 Å². The fourth-order valence-corrected chi connectivity index (χ4v) is 4.07. The lowest BCUT2D eigenvalue weighted by Gasteiger charge is -2.38. The molecule has 0 aliphatic carbocycles. The highest BCUT2D eigenvalue weighted by atomic mass is 16.7. The van der Waals surface area contributed by atoms with Crippen molar-refractivity contribution < 1.29 is 47.5 Å². The van der Waals surface area contributed by atoms with Crippen molar-refractivity contribution in [2.45, 2.75) is 51.9 Å². The molecule has 2 aliphatic heterocycles. The number of ether oxygens (including phenoxy) is 7. The number of carbonyl (C=O) groups is 3. The van der Waals surface area contributed by atoms with Crippen LogP contribution in [0.3, 0.4) is 0 Å². The van der Waals surface area contributed by atoms with Gasteiger partial charge in [-0.05, 0) is 18.6 Å². The van der Waals surface area contributed by atoms with E-state index in [1.165, 1.54) is 35.0 Å². The van der Waals surface area contributed by atoms with Crippen LogP contribution >= 0.6 is 0 Å². The number of nitrogens with zero attached hydrogens (tertiary/aromatic N) is 1. The molecule has 0 bridgehead atoms. The molecule has 11 heteroatoms. The van der Waals surface area contributed by atoms with Gasteiger partial charge in [0.15, 0.2) is 11.5 Å². The van der Waals surface area contributed by atoms with Gasteiger partial charge in [0.1, 0.15) is 18.8 Å². The highest BCUT2D eigenvalue weighted by Gasteiger charge is 2.46. The summed E-state index contributed by atoms with van der Waals surface area (Å²) in [5, 5.41) is 0. The second-order valence-electron chi connectivity index (χ2n) is 7.53. The molecule has 0 saturated heterocycles. The smallest absolute Gasteiger partial charge is 0.303 e. The van der Waals surface area contributed by atoms with E-state index in [-0.39, 0.29) is 19.3 Å². The fourth-order valence-electron chi connectivity index (χ4n) is 4.07. The van der Waals surface area contributed by atoms with E-state index >= 15 is 0 Å². The van der Waals surface area contributed by atoms with E-state index in [4.69, 9.17) is 33.2 Å². The third-order valence-electron chi connectivity index (χ3n) is 5.25. The lowest BCUT2D eigenvalue weighted by atomic mass is 9.79. The standard InChI is InChI=1S/C22H27NO10/c1-10(32-12(3)25)19(33-13(4)26)17-14-7-16(27-5)20-21(31-9-30-20)18(14)22(28-6)23-15(17)8-29-11(2)24/h7,10,15,17,19H,8-9H2,1-6H3/t10-,15+,17-,19+/m1/s1. The maximum Gasteiger partial charge on any atom is 0.303 e. The topological polar surface area (TPSA) is 128 Å². The molecule has 2 heterocycles. The van der Waals surface area contributed by atoms with E-state index in [1.807, 2.05) is 0 Å². The first kappa shape index (κ1) is 24.1. The van der Waals surface area contributed by atoms with Crippen molar-refractivity contribution in [2.75, 3.05) is 27.6 Å². The van der Waals surface area contributed by atoms with Crippen molar-refractivity contribution in [3.8, 4) is 17.2 Å². The van der Waals surface area contributed by atoms with E-state index in [9.17, 15) is 14.4 Å². The number of aliphatic imine (C=N–C) groups is 1. The Morgan fingerprint density at radius 3 is 2.27 bits per heavy atom. The quantitative estimate of drug-likeness (QED) is 0.434. The summed E-state index contributed by atoms with van der Waals surface area (Å²) in [7, 11) is 2.93. The van der Waals surface area contributed by atoms with Crippen molar-refractivity contribution in [3.63, 3.8) is 0 Å². The molecule has 11 nitrogen and oxygen atoms in total. The lowest BCUT2D eigenvalue weighted by molar-refractivity contribution is -0.166. The molecule has 3 rings (SSSR count). The fraction of sp³-hybridized carbons (Fsp3) is 0.545. The van der Waals surface area contributed by atoms with E-state index in [1.54, 1.807) is 13.0 Å². The Balaban J connectivity index is 2.23. The Kier molecular flexibility index (Phi) is 7.29. The van der Waals surface area contributed by atoms with E-state index in [0.29, 0.717) is 28.4 Å². The van der Waals surface area contributed by atoms with E-state index in [2.05, 4.69) is 4.99 Å². The second kappa shape index (κ2) is 9.97. The monoisotopic (exact) mass is 465 g/mol. The molecule has 4 atom stereocenters. The molecule has 0 amide bonds. The number of fused-ring (bicyclic) bond motifs is 3. The van der Waals surface area contributed by atoms with Crippen LogP contribution in [0.4, 0.5) is 0 Å². The molecule has 0 aromatic heterocycles. The lowest BCUT2D eigenvalue weighted by Crippen LogP contribution is -2.45. The van der Waals surface area contributed by atoms with Gasteiger partial charge in [0.05, 0.1) is 31.7 Å². The summed E-state index contributed by atoms with van der Waals surface area (Å²) >= 11 is 0. The minimum Gasteiger partial charge on any atom is -0.493 e. The number of esters is 3. The maximum absolute atomic E-state index is 12.0. The average molecular weight is 465 g/mol. The van der Waals surface area contributed by atoms with Gasteiger partial charge >= 0.3 is 17.9 Å². The van der Waals surface area contributed by atoms with Gasteiger partial charge in [-0.3, -0.25) is 14.4 Å². The summed E-state index contributed by atoms with van der Waals surface area (Å²) in [6.07, 6.45) is -1.82. The van der Waals surface area contributed by atoms with Crippen molar-refractivity contribution >= 4 is 23.8 Å². The average Bonchev–Trinajstić information content (AvgIpc) is 3.23. The molecule has 0 saturated carbocycles. The predicted octanol–water partition coefficient (Wildman–Crippen LogP) is 1.73. The molecule has 2 aliphatic rings. The zero-order valence-electron chi connectivity index (χ0n) is 19.3. The van der Waals surface area contributed by atoms with Gasteiger partial charge in [-0.2, -0.15) is 0 Å². The summed E-state index contributed by atoms with van der Waals surface area (Å²) in [4.78, 5) is 39.9. The van der Waals surface area contributed by atoms with Crippen molar-refractivity contribution in [1.29, 1.82) is 0 Å². The van der Waals surface area contributed by atoms with Crippen LogP contribution in [0.25, 0.3) is 0 Å². The van der Waals surface area contributed by atoms with Gasteiger partial charge in [-0.25, -0.2) is 4.99 Å². The highest BCUT2D eigenvalue weighted by Crippen LogP contribution is 2.50. The summed E-state index contributed by atoms with van der Waals surface area (Å²) in [5.74, 6) is -0.981. The first-order valence-electron chi connectivity index (χ1n) is 10.3. The molecular formula is C22H27NO10. The summed E-state index contributed by atoms with van der Waals surface area (Å²) in [6, 6.07) is 0.975. The molecule has 0 unspecified atom stereocenters. The van der Waals surface area contributed by atoms with Gasteiger partial charge in [0.25, 0.3) is 0 Å². The van der Waals surface area contributed by atoms with Gasteiger partial charge in [-0.15, -0.1) is 0 Å². The summed E-state index contributed by atoms with van der Waals surface area (Å²) in [5.41, 5.74) is 1.08. The first-order chi connectivity index (χ1) is 15.7. The van der Waals surface area contributed by atoms with Gasteiger partial charge < -0.3 is 33.2 Å². The third kappa shape index (κ3) is 4.96. The number of rotatable bonds is 7. The molecule has 0 spiro atoms. The Bertz CT molecular complexity index is 972. The number of hydrogen-bond acceptors (Lipinski definition) is 11. The van der Waals surface area contributed by atoms with Crippen molar-refractivity contribution in [2.24, 2.45) is 4.99 Å². The molecule has 1 aromatic carbocycles. The zero-order valence-corrected chi connectivity index (χ0v) is 19.3. The number of methoxy groups -OCH3 is 2.